The fraction of sp³-hybridized carbons (Fsp3) is 0.300. The van der Waals surface area contributed by atoms with E-state index in [9.17, 15) is 18.0 Å². The molecule has 1 fully saturated rings. The predicted octanol–water partition coefficient (Wildman–Crippen LogP) is 2.84. The van der Waals surface area contributed by atoms with Gasteiger partial charge in [-0.3, -0.25) is 4.79 Å². The minimum atomic E-state index is -3.43. The Morgan fingerprint density at radius 3 is 2.44 bits per heavy atom. The lowest BCUT2D eigenvalue weighted by molar-refractivity contribution is -0.143. The van der Waals surface area contributed by atoms with Crippen LogP contribution in [-0.4, -0.2) is 17.0 Å². The van der Waals surface area contributed by atoms with Crippen LogP contribution in [-0.2, 0) is 10.2 Å². The Morgan fingerprint density at radius 2 is 2.00 bits per heavy atom. The zero-order chi connectivity index (χ0) is 12.1. The summed E-state index contributed by atoms with van der Waals surface area (Å²) in [6.07, 6.45) is -0.896. The van der Waals surface area contributed by atoms with Gasteiger partial charge in [0.2, 0.25) is 0 Å². The molecule has 1 N–H and O–H groups in total. The van der Waals surface area contributed by atoms with Gasteiger partial charge in [-0.25, -0.2) is 13.2 Å². The average molecular weight is 251 g/mol. The number of halogens is 4. The molecule has 0 saturated heterocycles. The first kappa shape index (κ1) is 11.3. The van der Waals surface area contributed by atoms with Crippen molar-refractivity contribution in [3.8, 4) is 0 Å². The maximum absolute atomic E-state index is 13.5. The van der Waals surface area contributed by atoms with E-state index in [1.165, 1.54) is 12.1 Å². The Bertz CT molecular complexity index is 475. The fourth-order valence-electron chi connectivity index (χ4n) is 1.76. The molecule has 2 nitrogen and oxygen atoms in total. The predicted molar refractivity (Wildman–Crippen MR) is 50.3 cm³/mol. The van der Waals surface area contributed by atoms with Crippen molar-refractivity contribution in [1.29, 1.82) is 0 Å². The summed E-state index contributed by atoms with van der Waals surface area (Å²) in [6, 6.07) is 3.45. The smallest absolute Gasteiger partial charge is 0.320 e. The number of benzene rings is 1. The molecule has 1 saturated carbocycles. The van der Waals surface area contributed by atoms with Gasteiger partial charge in [-0.15, -0.1) is 0 Å². The van der Waals surface area contributed by atoms with Crippen LogP contribution in [0.5, 0.6) is 0 Å². The van der Waals surface area contributed by atoms with Crippen LogP contribution in [0, 0.1) is 5.82 Å². The van der Waals surface area contributed by atoms with Gasteiger partial charge in [0.05, 0.1) is 5.02 Å². The first-order valence-electron chi connectivity index (χ1n) is 4.38. The molecule has 6 heteroatoms. The molecule has 1 unspecified atom stereocenters. The molecule has 2 rings (SSSR count). The van der Waals surface area contributed by atoms with Crippen molar-refractivity contribution in [3.63, 3.8) is 0 Å². The average Bonchev–Trinajstić information content (AvgIpc) is 2.75. The molecule has 1 atom stereocenters. The Kier molecular flexibility index (Phi) is 2.21. The molecule has 0 heterocycles. The van der Waals surface area contributed by atoms with Gasteiger partial charge in [0.15, 0.2) is 5.41 Å². The van der Waals surface area contributed by atoms with Crippen LogP contribution in [0.3, 0.4) is 0 Å². The van der Waals surface area contributed by atoms with Crippen LogP contribution < -0.4 is 0 Å². The summed E-state index contributed by atoms with van der Waals surface area (Å²) in [7, 11) is 0. The largest absolute Gasteiger partial charge is 0.480 e. The Balaban J connectivity index is 2.60. The van der Waals surface area contributed by atoms with Crippen molar-refractivity contribution >= 4 is 17.6 Å². The molecule has 86 valence electrons. The van der Waals surface area contributed by atoms with Gasteiger partial charge in [-0.1, -0.05) is 23.7 Å². The molecule has 0 radical (unpaired) electrons. The summed E-state index contributed by atoms with van der Waals surface area (Å²) < 4.78 is 39.7. The topological polar surface area (TPSA) is 37.3 Å². The number of carboxylic acid groups (broad SMARTS) is 1. The zero-order valence-electron chi connectivity index (χ0n) is 7.81. The Morgan fingerprint density at radius 1 is 1.44 bits per heavy atom. The zero-order valence-corrected chi connectivity index (χ0v) is 8.56. The number of alkyl halides is 2. The lowest BCUT2D eigenvalue weighted by Crippen LogP contribution is -2.28. The van der Waals surface area contributed by atoms with E-state index in [2.05, 4.69) is 0 Å². The summed E-state index contributed by atoms with van der Waals surface area (Å²) in [4.78, 5) is 10.9. The van der Waals surface area contributed by atoms with E-state index < -0.39 is 35.1 Å². The van der Waals surface area contributed by atoms with Crippen LogP contribution in [0.15, 0.2) is 18.2 Å². The van der Waals surface area contributed by atoms with Crippen molar-refractivity contribution in [3.05, 3.63) is 34.6 Å². The molecule has 0 aromatic heterocycles. The van der Waals surface area contributed by atoms with Crippen molar-refractivity contribution < 1.29 is 23.1 Å². The highest BCUT2D eigenvalue weighted by Crippen LogP contribution is 2.62. The van der Waals surface area contributed by atoms with E-state index in [1.54, 1.807) is 0 Å². The van der Waals surface area contributed by atoms with E-state index >= 15 is 0 Å². The number of hydrogen-bond donors (Lipinski definition) is 1. The van der Waals surface area contributed by atoms with Crippen LogP contribution in [0.2, 0.25) is 5.02 Å². The number of hydrogen-bond acceptors (Lipinski definition) is 1. The van der Waals surface area contributed by atoms with Crippen LogP contribution in [0.25, 0.3) is 0 Å². The molecular formula is C10H6ClF3O2. The summed E-state index contributed by atoms with van der Waals surface area (Å²) in [5, 5.41) is 8.46. The first-order valence-corrected chi connectivity index (χ1v) is 4.76. The summed E-state index contributed by atoms with van der Waals surface area (Å²) in [5.74, 6) is -6.26. The maximum atomic E-state index is 13.5. The molecule has 1 aromatic carbocycles. The monoisotopic (exact) mass is 250 g/mol. The highest BCUT2D eigenvalue weighted by molar-refractivity contribution is 6.30. The molecule has 0 amide bonds. The van der Waals surface area contributed by atoms with Gasteiger partial charge in [0.25, 0.3) is 5.92 Å². The number of carbonyl (C=O) groups is 1. The number of carboxylic acids is 1. The molecule has 1 aromatic rings. The number of aliphatic carboxylic acids is 1. The summed E-state index contributed by atoms with van der Waals surface area (Å²) >= 11 is 5.43. The van der Waals surface area contributed by atoms with Gasteiger partial charge < -0.3 is 5.11 Å². The Labute approximate surface area is 93.6 Å². The Hall–Kier alpha value is -1.23. The molecule has 0 bridgehead atoms. The third-order valence-corrected chi connectivity index (χ3v) is 3.05. The van der Waals surface area contributed by atoms with E-state index in [4.69, 9.17) is 16.7 Å². The lowest BCUT2D eigenvalue weighted by atomic mass is 9.95. The molecule has 1 aliphatic carbocycles. The van der Waals surface area contributed by atoms with Gasteiger partial charge in [-0.05, 0) is 6.07 Å². The second-order valence-corrected chi connectivity index (χ2v) is 4.10. The van der Waals surface area contributed by atoms with Crippen LogP contribution >= 0.6 is 11.6 Å². The summed E-state index contributed by atoms with van der Waals surface area (Å²) in [5.41, 5.74) is -3.01. The van der Waals surface area contributed by atoms with E-state index in [-0.39, 0.29) is 5.02 Å². The second kappa shape index (κ2) is 3.13. The molecule has 16 heavy (non-hydrogen) atoms. The second-order valence-electron chi connectivity index (χ2n) is 3.69. The maximum Gasteiger partial charge on any atom is 0.320 e. The van der Waals surface area contributed by atoms with Crippen molar-refractivity contribution in [2.75, 3.05) is 0 Å². The van der Waals surface area contributed by atoms with Gasteiger partial charge in [-0.2, -0.15) is 0 Å². The molecule has 1 aliphatic rings. The third kappa shape index (κ3) is 1.24. The van der Waals surface area contributed by atoms with E-state index in [1.807, 2.05) is 0 Å². The minimum Gasteiger partial charge on any atom is -0.480 e. The standard InChI is InChI=1S/C10H6ClF3O2/c11-6-3-1-2-5(7(6)12)9(8(15)16)4-10(9,13)14/h1-3H,4H2,(H,15,16). The van der Waals surface area contributed by atoms with Gasteiger partial charge in [0, 0.05) is 12.0 Å². The van der Waals surface area contributed by atoms with Crippen molar-refractivity contribution in [2.45, 2.75) is 17.8 Å². The SMILES string of the molecule is O=C(O)C1(c2cccc(Cl)c2F)CC1(F)F. The molecule has 0 aliphatic heterocycles. The third-order valence-electron chi connectivity index (χ3n) is 2.76. The normalized spacial score (nSPS) is 26.5. The molecular weight excluding hydrogens is 245 g/mol. The minimum absolute atomic E-state index is 0.360. The van der Waals surface area contributed by atoms with Crippen LogP contribution in [0.4, 0.5) is 13.2 Å². The van der Waals surface area contributed by atoms with Gasteiger partial charge in [0.1, 0.15) is 5.82 Å². The highest BCUT2D eigenvalue weighted by atomic mass is 35.5. The lowest BCUT2D eigenvalue weighted by Gasteiger charge is -2.13. The fourth-order valence-corrected chi connectivity index (χ4v) is 1.94. The van der Waals surface area contributed by atoms with Crippen molar-refractivity contribution in [1.82, 2.24) is 0 Å². The highest BCUT2D eigenvalue weighted by Gasteiger charge is 2.78. The van der Waals surface area contributed by atoms with E-state index in [0.717, 1.165) is 6.07 Å². The number of rotatable bonds is 2. The van der Waals surface area contributed by atoms with Crippen molar-refractivity contribution in [2.24, 2.45) is 0 Å². The molecule has 0 spiro atoms. The quantitative estimate of drug-likeness (QED) is 0.876. The van der Waals surface area contributed by atoms with E-state index in [0.29, 0.717) is 0 Å². The first-order chi connectivity index (χ1) is 7.33. The van der Waals surface area contributed by atoms with Gasteiger partial charge >= 0.3 is 5.97 Å². The van der Waals surface area contributed by atoms with Crippen LogP contribution in [0.1, 0.15) is 12.0 Å². The summed E-state index contributed by atoms with van der Waals surface area (Å²) in [6.45, 7) is 0.